The standard InChI is InChI=1S/C26H15ClF5N5O2/c1-36-22-17(11-33)21(23(38)16-9-14(28)2-3-18(16)27)19(10-20(22)37-5-4-34-25(36)37)35-24(39)12-6-13(26(30,31)32)8-15(29)7-12/h2-3,6-10,38H,4-5H2,1H3/b23-21+,35-19?. The van der Waals surface area contributed by atoms with Gasteiger partial charge >= 0.3 is 6.18 Å². The SMILES string of the molecule is Cn1c2c(C#N)/c(=C(\O)c3cc(F)ccc3Cl)c(=NC(=O)c3cc(F)cc(C(F)(F)F)c3)cc-2n2c1=NCC2. The third kappa shape index (κ3) is 4.44. The molecule has 0 unspecified atom stereocenters. The quantitative estimate of drug-likeness (QED) is 0.378. The van der Waals surface area contributed by atoms with E-state index in [1.165, 1.54) is 12.1 Å². The summed E-state index contributed by atoms with van der Waals surface area (Å²) in [5.74, 6) is -4.05. The number of rotatable bonds is 2. The van der Waals surface area contributed by atoms with Crippen LogP contribution in [-0.2, 0) is 19.8 Å². The van der Waals surface area contributed by atoms with Gasteiger partial charge in [-0.3, -0.25) is 9.79 Å². The Kier molecular flexibility index (Phi) is 6.27. The average Bonchev–Trinajstić information content (AvgIpc) is 3.46. The molecule has 3 aliphatic rings. The number of imidazole rings is 1. The predicted octanol–water partition coefficient (Wildman–Crippen LogP) is 3.84. The summed E-state index contributed by atoms with van der Waals surface area (Å²) in [6.07, 6.45) is -4.93. The maximum atomic E-state index is 14.1. The van der Waals surface area contributed by atoms with Crippen molar-refractivity contribution in [3.8, 4) is 17.5 Å². The number of nitrogens with zero attached hydrogens (tertiary/aromatic N) is 5. The van der Waals surface area contributed by atoms with Crippen LogP contribution < -0.4 is 16.2 Å². The van der Waals surface area contributed by atoms with Gasteiger partial charge in [0, 0.05) is 24.7 Å². The minimum atomic E-state index is -4.93. The first-order chi connectivity index (χ1) is 18.4. The van der Waals surface area contributed by atoms with Gasteiger partial charge in [0.05, 0.1) is 44.7 Å². The normalized spacial score (nSPS) is 14.3. The number of amides is 1. The van der Waals surface area contributed by atoms with Crippen molar-refractivity contribution in [2.24, 2.45) is 17.0 Å². The number of aliphatic hydroxyl groups is 1. The maximum Gasteiger partial charge on any atom is 0.416 e. The van der Waals surface area contributed by atoms with Crippen LogP contribution in [0.2, 0.25) is 5.02 Å². The number of hydrogen-bond donors (Lipinski definition) is 1. The van der Waals surface area contributed by atoms with Gasteiger partial charge in [-0.25, -0.2) is 13.8 Å². The Hall–Kier alpha value is -4.50. The molecular weight excluding hydrogens is 545 g/mol. The predicted molar refractivity (Wildman–Crippen MR) is 128 cm³/mol. The average molecular weight is 560 g/mol. The van der Waals surface area contributed by atoms with E-state index in [0.717, 1.165) is 12.1 Å². The van der Waals surface area contributed by atoms with Crippen LogP contribution >= 0.6 is 11.6 Å². The van der Waals surface area contributed by atoms with Gasteiger partial charge in [-0.1, -0.05) is 11.6 Å². The van der Waals surface area contributed by atoms with Crippen LogP contribution in [0.3, 0.4) is 0 Å². The molecule has 0 saturated heterocycles. The molecule has 2 heterocycles. The third-order valence-corrected chi connectivity index (χ3v) is 6.56. The highest BCUT2D eigenvalue weighted by atomic mass is 35.5. The van der Waals surface area contributed by atoms with E-state index in [9.17, 15) is 37.1 Å². The first kappa shape index (κ1) is 26.1. The molecule has 0 bridgehead atoms. The van der Waals surface area contributed by atoms with E-state index in [0.29, 0.717) is 42.2 Å². The molecule has 0 spiro atoms. The second-order valence-corrected chi connectivity index (χ2v) is 9.04. The molecule has 13 heteroatoms. The lowest BCUT2D eigenvalue weighted by atomic mass is 10.0. The van der Waals surface area contributed by atoms with Gasteiger partial charge in [-0.15, -0.1) is 0 Å². The minimum absolute atomic E-state index is 0.0890. The molecule has 0 atom stereocenters. The highest BCUT2D eigenvalue weighted by Crippen LogP contribution is 2.31. The molecule has 1 amide bonds. The molecule has 39 heavy (non-hydrogen) atoms. The summed E-state index contributed by atoms with van der Waals surface area (Å²) in [6, 6.07) is 7.72. The van der Waals surface area contributed by atoms with Gasteiger partial charge in [-0.2, -0.15) is 18.4 Å². The molecule has 1 N–H and O–H groups in total. The Morgan fingerprint density at radius 3 is 2.59 bits per heavy atom. The topological polar surface area (TPSA) is 95.7 Å². The zero-order valence-corrected chi connectivity index (χ0v) is 20.6. The molecule has 0 radical (unpaired) electrons. The summed E-state index contributed by atoms with van der Waals surface area (Å²) in [6.45, 7) is 0.864. The van der Waals surface area contributed by atoms with Crippen molar-refractivity contribution in [3.05, 3.63) is 97.6 Å². The van der Waals surface area contributed by atoms with Gasteiger partial charge in [0.25, 0.3) is 5.91 Å². The molecule has 2 aliphatic heterocycles. The van der Waals surface area contributed by atoms with Crippen LogP contribution in [0, 0.1) is 23.0 Å². The van der Waals surface area contributed by atoms with E-state index in [1.54, 1.807) is 16.2 Å². The molecule has 1 aliphatic carbocycles. The summed E-state index contributed by atoms with van der Waals surface area (Å²) in [7, 11) is 1.63. The Labute approximate surface area is 221 Å². The monoisotopic (exact) mass is 559 g/mol. The van der Waals surface area contributed by atoms with Gasteiger partial charge in [0.15, 0.2) is 0 Å². The second kappa shape index (κ2) is 9.36. The van der Waals surface area contributed by atoms with Gasteiger partial charge in [0.2, 0.25) is 5.62 Å². The zero-order valence-electron chi connectivity index (χ0n) is 19.8. The molecule has 7 nitrogen and oxygen atoms in total. The van der Waals surface area contributed by atoms with Crippen LogP contribution in [0.1, 0.15) is 27.0 Å². The summed E-state index contributed by atoms with van der Waals surface area (Å²) >= 11 is 6.18. The van der Waals surface area contributed by atoms with Gasteiger partial charge in [-0.05, 0) is 42.5 Å². The number of carbonyl (C=O) groups is 1. The lowest BCUT2D eigenvalue weighted by Gasteiger charge is -2.11. The smallest absolute Gasteiger partial charge is 0.416 e. The minimum Gasteiger partial charge on any atom is -0.507 e. The molecule has 0 fully saturated rings. The van der Waals surface area contributed by atoms with E-state index in [-0.39, 0.29) is 32.8 Å². The number of nitriles is 1. The van der Waals surface area contributed by atoms with Crippen molar-refractivity contribution < 1.29 is 31.9 Å². The van der Waals surface area contributed by atoms with Crippen molar-refractivity contribution in [3.63, 3.8) is 0 Å². The van der Waals surface area contributed by atoms with Crippen molar-refractivity contribution in [2.75, 3.05) is 6.54 Å². The van der Waals surface area contributed by atoms with Gasteiger partial charge < -0.3 is 14.2 Å². The first-order valence-corrected chi connectivity index (χ1v) is 11.6. The fourth-order valence-electron chi connectivity index (χ4n) is 4.54. The molecule has 198 valence electrons. The highest BCUT2D eigenvalue weighted by Gasteiger charge is 2.32. The number of fused-ring (bicyclic) bond motifs is 3. The molecule has 0 saturated carbocycles. The third-order valence-electron chi connectivity index (χ3n) is 6.23. The van der Waals surface area contributed by atoms with E-state index in [2.05, 4.69) is 9.98 Å². The van der Waals surface area contributed by atoms with Gasteiger partial charge in [0.1, 0.15) is 23.5 Å². The number of benzene rings is 3. The summed E-state index contributed by atoms with van der Waals surface area (Å²) in [5, 5.41) is 20.7. The molecule has 0 aromatic heterocycles. The summed E-state index contributed by atoms with van der Waals surface area (Å²) in [4.78, 5) is 21.3. The number of carbonyl (C=O) groups excluding carboxylic acids is 1. The Morgan fingerprint density at radius 1 is 1.15 bits per heavy atom. The van der Waals surface area contributed by atoms with E-state index >= 15 is 0 Å². The molecule has 5 rings (SSSR count). The fraction of sp³-hybridized carbons (Fsp3) is 0.154. The number of halogens is 6. The number of alkyl halides is 3. The van der Waals surface area contributed by atoms with E-state index < -0.39 is 40.6 Å². The summed E-state index contributed by atoms with van der Waals surface area (Å²) in [5.41, 5.74) is -1.31. The van der Waals surface area contributed by atoms with Crippen molar-refractivity contribution in [1.82, 2.24) is 9.13 Å². The maximum absolute atomic E-state index is 14.1. The second-order valence-electron chi connectivity index (χ2n) is 8.63. The Morgan fingerprint density at radius 2 is 1.90 bits per heavy atom. The van der Waals surface area contributed by atoms with Crippen molar-refractivity contribution in [1.29, 1.82) is 5.26 Å². The fourth-order valence-corrected chi connectivity index (χ4v) is 4.75. The first-order valence-electron chi connectivity index (χ1n) is 11.2. The van der Waals surface area contributed by atoms with Crippen molar-refractivity contribution >= 4 is 23.3 Å². The van der Waals surface area contributed by atoms with Crippen LogP contribution in [0.25, 0.3) is 17.1 Å². The lowest BCUT2D eigenvalue weighted by Crippen LogP contribution is -2.34. The number of aromatic nitrogens is 2. The molecule has 2 aromatic rings. The zero-order chi connectivity index (χ0) is 28.2. The Balaban J connectivity index is 1.91. The number of aliphatic hydroxyl groups excluding tert-OH is 1. The Bertz CT molecular complexity index is 1900. The summed E-state index contributed by atoms with van der Waals surface area (Å²) < 4.78 is 71.1. The molecular formula is C26H15ClF5N5O2. The van der Waals surface area contributed by atoms with E-state index in [1.807, 2.05) is 6.07 Å². The largest absolute Gasteiger partial charge is 0.507 e. The highest BCUT2D eigenvalue weighted by molar-refractivity contribution is 6.32. The van der Waals surface area contributed by atoms with Crippen LogP contribution in [0.15, 0.2) is 52.4 Å². The van der Waals surface area contributed by atoms with E-state index in [4.69, 9.17) is 11.6 Å². The van der Waals surface area contributed by atoms with Crippen molar-refractivity contribution in [2.45, 2.75) is 12.7 Å². The van der Waals surface area contributed by atoms with Crippen LogP contribution in [0.4, 0.5) is 22.0 Å². The molecule has 2 aromatic carbocycles. The number of hydrogen-bond acceptors (Lipinski definition) is 4. The lowest BCUT2D eigenvalue weighted by molar-refractivity contribution is -0.137. The van der Waals surface area contributed by atoms with Crippen LogP contribution in [-0.4, -0.2) is 26.7 Å². The van der Waals surface area contributed by atoms with Crippen LogP contribution in [0.5, 0.6) is 0 Å².